The number of nitro benzene ring substituents is 1. The maximum atomic E-state index is 13.6. The van der Waals surface area contributed by atoms with Gasteiger partial charge in [0.2, 0.25) is 0 Å². The van der Waals surface area contributed by atoms with E-state index in [1.54, 1.807) is 0 Å². The van der Waals surface area contributed by atoms with Crippen molar-refractivity contribution in [3.63, 3.8) is 0 Å². The van der Waals surface area contributed by atoms with E-state index in [4.69, 9.17) is 14.2 Å². The minimum Gasteiger partial charge on any atom is -0.493 e. The van der Waals surface area contributed by atoms with Crippen LogP contribution < -0.4 is 9.47 Å². The molecule has 0 aliphatic carbocycles. The lowest BCUT2D eigenvalue weighted by molar-refractivity contribution is -0.385. The lowest BCUT2D eigenvalue weighted by Gasteiger charge is -2.35. The van der Waals surface area contributed by atoms with Gasteiger partial charge in [-0.25, -0.2) is 4.79 Å². The van der Waals surface area contributed by atoms with Crippen molar-refractivity contribution in [1.82, 2.24) is 4.90 Å². The standard InChI is InChI=1S/C26H24N2O7/c1-33-23-13-20(21(28(31)32)14-24(23)35-16-17-8-4-3-5-9-17)25(29)27-15-19-11-7-6-10-18(19)12-22(27)26(30)34-2/h3-11,13-14,22H,12,15-16H2,1-2H3/t22-/m0/s1. The average molecular weight is 476 g/mol. The summed E-state index contributed by atoms with van der Waals surface area (Å²) >= 11 is 0. The van der Waals surface area contributed by atoms with E-state index in [2.05, 4.69) is 0 Å². The van der Waals surface area contributed by atoms with Crippen molar-refractivity contribution in [2.24, 2.45) is 0 Å². The summed E-state index contributed by atoms with van der Waals surface area (Å²) in [4.78, 5) is 38.8. The van der Waals surface area contributed by atoms with Gasteiger partial charge in [0, 0.05) is 19.0 Å². The highest BCUT2D eigenvalue weighted by atomic mass is 16.6. The van der Waals surface area contributed by atoms with Crippen molar-refractivity contribution < 1.29 is 28.7 Å². The molecule has 0 aromatic heterocycles. The van der Waals surface area contributed by atoms with Crippen LogP contribution in [0.4, 0.5) is 5.69 Å². The molecular weight excluding hydrogens is 452 g/mol. The van der Waals surface area contributed by atoms with Gasteiger partial charge in [0.15, 0.2) is 11.5 Å². The Labute approximate surface area is 202 Å². The third-order valence-electron chi connectivity index (χ3n) is 5.93. The van der Waals surface area contributed by atoms with Crippen LogP contribution in [0.25, 0.3) is 0 Å². The van der Waals surface area contributed by atoms with Gasteiger partial charge in [0.05, 0.1) is 25.2 Å². The monoisotopic (exact) mass is 476 g/mol. The molecule has 0 saturated heterocycles. The number of amides is 1. The van der Waals surface area contributed by atoms with Gasteiger partial charge in [-0.2, -0.15) is 0 Å². The number of methoxy groups -OCH3 is 2. The molecule has 0 spiro atoms. The number of carbonyl (C=O) groups excluding carboxylic acids is 2. The first-order valence-corrected chi connectivity index (χ1v) is 10.9. The van der Waals surface area contributed by atoms with Crippen molar-refractivity contribution in [1.29, 1.82) is 0 Å². The predicted molar refractivity (Wildman–Crippen MR) is 126 cm³/mol. The molecule has 1 aliphatic heterocycles. The minimum absolute atomic E-state index is 0.112. The molecule has 35 heavy (non-hydrogen) atoms. The van der Waals surface area contributed by atoms with Crippen LogP contribution >= 0.6 is 0 Å². The molecule has 0 bridgehead atoms. The van der Waals surface area contributed by atoms with Gasteiger partial charge in [-0.05, 0) is 16.7 Å². The van der Waals surface area contributed by atoms with Crippen molar-refractivity contribution in [2.45, 2.75) is 25.6 Å². The molecule has 1 amide bonds. The van der Waals surface area contributed by atoms with Crippen molar-refractivity contribution in [3.8, 4) is 11.5 Å². The van der Waals surface area contributed by atoms with E-state index in [1.165, 1.54) is 31.3 Å². The molecule has 3 aromatic rings. The van der Waals surface area contributed by atoms with Gasteiger partial charge in [0.1, 0.15) is 18.2 Å². The first kappa shape index (κ1) is 23.7. The van der Waals surface area contributed by atoms with Gasteiger partial charge in [0.25, 0.3) is 11.6 Å². The summed E-state index contributed by atoms with van der Waals surface area (Å²) in [5.41, 5.74) is 2.00. The second-order valence-corrected chi connectivity index (χ2v) is 8.00. The minimum atomic E-state index is -0.915. The molecule has 0 saturated carbocycles. The summed E-state index contributed by atoms with van der Waals surface area (Å²) < 4.78 is 16.1. The molecule has 180 valence electrons. The van der Waals surface area contributed by atoms with Crippen molar-refractivity contribution in [2.75, 3.05) is 14.2 Å². The van der Waals surface area contributed by atoms with Gasteiger partial charge < -0.3 is 19.1 Å². The van der Waals surface area contributed by atoms with E-state index in [1.807, 2.05) is 54.6 Å². The largest absolute Gasteiger partial charge is 0.493 e. The predicted octanol–water partition coefficient (Wildman–Crippen LogP) is 3.92. The number of benzene rings is 3. The van der Waals surface area contributed by atoms with E-state index in [0.29, 0.717) is 0 Å². The molecule has 0 radical (unpaired) electrons. The quantitative estimate of drug-likeness (QED) is 0.289. The molecule has 9 heteroatoms. The molecule has 1 atom stereocenters. The van der Waals surface area contributed by atoms with Crippen LogP contribution in [-0.2, 0) is 29.1 Å². The van der Waals surface area contributed by atoms with E-state index < -0.39 is 28.5 Å². The number of hydrogen-bond acceptors (Lipinski definition) is 7. The number of rotatable bonds is 7. The maximum absolute atomic E-state index is 13.6. The summed E-state index contributed by atoms with van der Waals surface area (Å²) in [7, 11) is 2.63. The summed E-state index contributed by atoms with van der Waals surface area (Å²) in [6.45, 7) is 0.273. The van der Waals surface area contributed by atoms with Crippen LogP contribution in [0, 0.1) is 10.1 Å². The highest BCUT2D eigenvalue weighted by Crippen LogP contribution is 2.37. The highest BCUT2D eigenvalue weighted by Gasteiger charge is 2.38. The summed E-state index contributed by atoms with van der Waals surface area (Å²) in [6, 6.07) is 18.3. The first-order chi connectivity index (χ1) is 16.9. The molecule has 1 aliphatic rings. The number of nitro groups is 1. The number of nitrogens with zero attached hydrogens (tertiary/aromatic N) is 2. The van der Waals surface area contributed by atoms with Crippen LogP contribution in [0.15, 0.2) is 66.7 Å². The number of ether oxygens (including phenoxy) is 3. The molecule has 3 aromatic carbocycles. The zero-order valence-electron chi connectivity index (χ0n) is 19.3. The summed E-state index contributed by atoms with van der Waals surface area (Å²) in [6.07, 6.45) is 0.248. The Bertz CT molecular complexity index is 1260. The zero-order valence-corrected chi connectivity index (χ0v) is 19.3. The third kappa shape index (κ3) is 4.93. The topological polar surface area (TPSA) is 108 Å². The summed E-state index contributed by atoms with van der Waals surface area (Å²) in [5, 5.41) is 12.0. The van der Waals surface area contributed by atoms with Gasteiger partial charge in [-0.3, -0.25) is 14.9 Å². The Kier molecular flexibility index (Phi) is 6.96. The number of hydrogen-bond donors (Lipinski definition) is 0. The molecular formula is C26H24N2O7. The Balaban J connectivity index is 1.71. The SMILES string of the molecule is COC(=O)[C@@H]1Cc2ccccc2CN1C(=O)c1cc(OC)c(OCc2ccccc2)cc1[N+](=O)[O-]. The molecule has 1 heterocycles. The highest BCUT2D eigenvalue weighted by molar-refractivity contribution is 6.01. The number of esters is 1. The Morgan fingerprint density at radius 2 is 1.69 bits per heavy atom. The lowest BCUT2D eigenvalue weighted by Crippen LogP contribution is -2.49. The van der Waals surface area contributed by atoms with Crippen LogP contribution in [0.3, 0.4) is 0 Å². The smallest absolute Gasteiger partial charge is 0.328 e. The van der Waals surface area contributed by atoms with Crippen molar-refractivity contribution >= 4 is 17.6 Å². The van der Waals surface area contributed by atoms with Gasteiger partial charge in [-0.1, -0.05) is 54.6 Å². The maximum Gasteiger partial charge on any atom is 0.328 e. The molecule has 4 rings (SSSR count). The Morgan fingerprint density at radius 1 is 1.00 bits per heavy atom. The molecule has 9 nitrogen and oxygen atoms in total. The van der Waals surface area contributed by atoms with Crippen LogP contribution in [-0.4, -0.2) is 42.0 Å². The first-order valence-electron chi connectivity index (χ1n) is 10.9. The number of carbonyl (C=O) groups is 2. The van der Waals surface area contributed by atoms with Gasteiger partial charge in [-0.15, -0.1) is 0 Å². The fraction of sp³-hybridized carbons (Fsp3) is 0.231. The molecule has 0 N–H and O–H groups in total. The summed E-state index contributed by atoms with van der Waals surface area (Å²) in [5.74, 6) is -0.963. The van der Waals surface area contributed by atoms with Crippen molar-refractivity contribution in [3.05, 3.63) is 99.1 Å². The number of fused-ring (bicyclic) bond motifs is 1. The third-order valence-corrected chi connectivity index (χ3v) is 5.93. The fourth-order valence-corrected chi connectivity index (χ4v) is 4.12. The zero-order chi connectivity index (χ0) is 24.9. The second kappa shape index (κ2) is 10.3. The lowest BCUT2D eigenvalue weighted by atomic mass is 9.93. The fourth-order valence-electron chi connectivity index (χ4n) is 4.12. The van der Waals surface area contributed by atoms with E-state index >= 15 is 0 Å². The van der Waals surface area contributed by atoms with E-state index in [0.717, 1.165) is 16.7 Å². The van der Waals surface area contributed by atoms with Crippen LogP contribution in [0.5, 0.6) is 11.5 Å². The van der Waals surface area contributed by atoms with Crippen LogP contribution in [0.1, 0.15) is 27.0 Å². The Hall–Kier alpha value is -4.40. The van der Waals surface area contributed by atoms with Crippen LogP contribution in [0.2, 0.25) is 0 Å². The molecule has 0 fully saturated rings. The van der Waals surface area contributed by atoms with Gasteiger partial charge >= 0.3 is 5.97 Å². The normalized spacial score (nSPS) is 14.6. The van der Waals surface area contributed by atoms with E-state index in [-0.39, 0.29) is 36.6 Å². The second-order valence-electron chi connectivity index (χ2n) is 8.00. The molecule has 0 unspecified atom stereocenters. The van der Waals surface area contributed by atoms with E-state index in [9.17, 15) is 19.7 Å². The average Bonchev–Trinajstić information content (AvgIpc) is 2.90. The Morgan fingerprint density at radius 3 is 2.34 bits per heavy atom.